The SMILES string of the molecule is N#CC1(NC(=O)[C@@H]2CCc3c(-c4cncc(OC(F)F)c4)nn(-c4ccc(F)cn4)c3C2)CCOC1. The number of ether oxygens (including phenoxy) is 2. The summed E-state index contributed by atoms with van der Waals surface area (Å²) in [5.41, 5.74) is 1.39. The Morgan fingerprint density at radius 1 is 1.33 bits per heavy atom. The van der Waals surface area contributed by atoms with Gasteiger partial charge in [0, 0.05) is 36.1 Å². The number of amides is 1. The monoisotopic (exact) mass is 498 g/mol. The Kier molecular flexibility index (Phi) is 6.32. The summed E-state index contributed by atoms with van der Waals surface area (Å²) in [5.74, 6) is -0.995. The Labute approximate surface area is 203 Å². The molecule has 1 unspecified atom stereocenters. The van der Waals surface area contributed by atoms with Crippen molar-refractivity contribution >= 4 is 5.91 Å². The lowest BCUT2D eigenvalue weighted by molar-refractivity contribution is -0.126. The van der Waals surface area contributed by atoms with E-state index in [1.807, 2.05) is 0 Å². The predicted octanol–water partition coefficient (Wildman–Crippen LogP) is 2.97. The van der Waals surface area contributed by atoms with Crippen LogP contribution in [0.1, 0.15) is 24.1 Å². The van der Waals surface area contributed by atoms with E-state index in [1.54, 1.807) is 0 Å². The summed E-state index contributed by atoms with van der Waals surface area (Å²) in [6.45, 7) is -2.46. The molecular weight excluding hydrogens is 477 g/mol. The molecule has 5 rings (SSSR count). The van der Waals surface area contributed by atoms with Gasteiger partial charge in [-0.3, -0.25) is 9.78 Å². The van der Waals surface area contributed by atoms with Crippen LogP contribution in [0, 0.1) is 23.1 Å². The van der Waals surface area contributed by atoms with Crippen molar-refractivity contribution in [3.05, 3.63) is 53.9 Å². The molecule has 1 saturated heterocycles. The van der Waals surface area contributed by atoms with Gasteiger partial charge in [0.2, 0.25) is 5.91 Å². The Balaban J connectivity index is 1.51. The van der Waals surface area contributed by atoms with Gasteiger partial charge in [0.15, 0.2) is 11.4 Å². The van der Waals surface area contributed by atoms with Crippen LogP contribution < -0.4 is 10.1 Å². The molecule has 0 aromatic carbocycles. The van der Waals surface area contributed by atoms with Gasteiger partial charge >= 0.3 is 6.61 Å². The van der Waals surface area contributed by atoms with Gasteiger partial charge < -0.3 is 14.8 Å². The highest BCUT2D eigenvalue weighted by Crippen LogP contribution is 2.36. The molecule has 4 heterocycles. The summed E-state index contributed by atoms with van der Waals surface area (Å²) in [7, 11) is 0. The van der Waals surface area contributed by atoms with Crippen molar-refractivity contribution in [2.45, 2.75) is 37.8 Å². The van der Waals surface area contributed by atoms with Crippen LogP contribution in [0.4, 0.5) is 13.2 Å². The van der Waals surface area contributed by atoms with Gasteiger partial charge in [-0.2, -0.15) is 19.1 Å². The molecule has 1 aliphatic heterocycles. The van der Waals surface area contributed by atoms with Crippen LogP contribution in [0.5, 0.6) is 5.75 Å². The quantitative estimate of drug-likeness (QED) is 0.556. The molecule has 2 atom stereocenters. The van der Waals surface area contributed by atoms with E-state index in [1.165, 1.54) is 35.3 Å². The molecule has 3 aromatic heterocycles. The number of halogens is 3. The average molecular weight is 498 g/mol. The van der Waals surface area contributed by atoms with Gasteiger partial charge in [0.1, 0.15) is 11.6 Å². The van der Waals surface area contributed by atoms with Crippen LogP contribution in [0.3, 0.4) is 0 Å². The molecule has 1 amide bonds. The minimum Gasteiger partial charge on any atom is -0.433 e. The minimum absolute atomic E-state index is 0.112. The molecule has 9 nitrogen and oxygen atoms in total. The fourth-order valence-electron chi connectivity index (χ4n) is 4.58. The first-order valence-corrected chi connectivity index (χ1v) is 11.3. The van der Waals surface area contributed by atoms with E-state index in [9.17, 15) is 23.2 Å². The topological polar surface area (TPSA) is 115 Å². The highest BCUT2D eigenvalue weighted by molar-refractivity contribution is 5.81. The first-order chi connectivity index (χ1) is 17.4. The second kappa shape index (κ2) is 9.58. The number of pyridine rings is 2. The van der Waals surface area contributed by atoms with Crippen molar-refractivity contribution in [2.24, 2.45) is 5.92 Å². The second-order valence-electron chi connectivity index (χ2n) is 8.73. The number of nitriles is 1. The lowest BCUT2D eigenvalue weighted by Crippen LogP contribution is -2.50. The molecular formula is C24H21F3N6O3. The number of carbonyl (C=O) groups is 1. The van der Waals surface area contributed by atoms with E-state index in [4.69, 9.17) is 4.74 Å². The molecule has 0 radical (unpaired) electrons. The zero-order chi connectivity index (χ0) is 25.3. The third-order valence-corrected chi connectivity index (χ3v) is 6.38. The van der Waals surface area contributed by atoms with Gasteiger partial charge in [-0.25, -0.2) is 14.1 Å². The molecule has 36 heavy (non-hydrogen) atoms. The standard InChI is InChI=1S/C24H21F3N6O3/c25-16-2-4-20(30-10-16)33-19-8-14(22(34)31-24(12-28)5-6-35-13-24)1-3-18(19)21(32-33)15-7-17(11-29-9-15)36-23(26)27/h2,4,7,9-11,14,23H,1,3,5-6,8,13H2,(H,31,34)/t14-,24?/m1/s1. The molecule has 0 spiro atoms. The zero-order valence-corrected chi connectivity index (χ0v) is 19.0. The maximum Gasteiger partial charge on any atom is 0.387 e. The van der Waals surface area contributed by atoms with Crippen molar-refractivity contribution in [1.82, 2.24) is 25.1 Å². The zero-order valence-electron chi connectivity index (χ0n) is 19.0. The van der Waals surface area contributed by atoms with Crippen molar-refractivity contribution in [3.8, 4) is 28.9 Å². The summed E-state index contributed by atoms with van der Waals surface area (Å²) in [5, 5.41) is 17.1. The molecule has 3 aromatic rings. The number of aromatic nitrogens is 4. The normalized spacial score (nSPS) is 21.1. The number of rotatable bonds is 6. The summed E-state index contributed by atoms with van der Waals surface area (Å²) in [6, 6.07) is 6.29. The van der Waals surface area contributed by atoms with Crippen LogP contribution in [0.15, 0.2) is 36.8 Å². The summed E-state index contributed by atoms with van der Waals surface area (Å²) < 4.78 is 50.3. The largest absolute Gasteiger partial charge is 0.433 e. The summed E-state index contributed by atoms with van der Waals surface area (Å²) in [4.78, 5) is 21.3. The number of fused-ring (bicyclic) bond motifs is 1. The summed E-state index contributed by atoms with van der Waals surface area (Å²) >= 11 is 0. The van der Waals surface area contributed by atoms with E-state index in [0.717, 1.165) is 11.8 Å². The van der Waals surface area contributed by atoms with Gasteiger partial charge in [0.25, 0.3) is 0 Å². The molecule has 1 N–H and O–H groups in total. The highest BCUT2D eigenvalue weighted by atomic mass is 19.3. The molecule has 186 valence electrons. The minimum atomic E-state index is -3.00. The number of hydrogen-bond donors (Lipinski definition) is 1. The molecule has 1 aliphatic carbocycles. The number of carbonyl (C=O) groups excluding carboxylic acids is 1. The average Bonchev–Trinajstić information content (AvgIpc) is 3.49. The lowest BCUT2D eigenvalue weighted by atomic mass is 9.84. The van der Waals surface area contributed by atoms with E-state index >= 15 is 0 Å². The van der Waals surface area contributed by atoms with E-state index in [-0.39, 0.29) is 24.7 Å². The number of hydrogen-bond acceptors (Lipinski definition) is 7. The second-order valence-corrected chi connectivity index (χ2v) is 8.73. The third-order valence-electron chi connectivity index (χ3n) is 6.38. The smallest absolute Gasteiger partial charge is 0.387 e. The van der Waals surface area contributed by atoms with E-state index in [0.29, 0.717) is 48.6 Å². The predicted molar refractivity (Wildman–Crippen MR) is 119 cm³/mol. The molecule has 0 bridgehead atoms. The number of nitrogens with one attached hydrogen (secondary N) is 1. The molecule has 2 aliphatic rings. The number of alkyl halides is 2. The van der Waals surface area contributed by atoms with Gasteiger partial charge in [-0.05, 0) is 31.0 Å². The highest BCUT2D eigenvalue weighted by Gasteiger charge is 2.40. The maximum absolute atomic E-state index is 13.5. The van der Waals surface area contributed by atoms with Crippen LogP contribution in [-0.2, 0) is 22.4 Å². The maximum atomic E-state index is 13.5. The van der Waals surface area contributed by atoms with Gasteiger partial charge in [-0.1, -0.05) is 0 Å². The van der Waals surface area contributed by atoms with Crippen LogP contribution in [0.25, 0.3) is 17.1 Å². The van der Waals surface area contributed by atoms with Crippen molar-refractivity contribution in [3.63, 3.8) is 0 Å². The van der Waals surface area contributed by atoms with E-state index < -0.39 is 23.9 Å². The Bertz CT molecular complexity index is 1320. The third kappa shape index (κ3) is 4.61. The van der Waals surface area contributed by atoms with Gasteiger partial charge in [0.05, 0.1) is 43.1 Å². The molecule has 12 heteroatoms. The first kappa shape index (κ1) is 23.7. The first-order valence-electron chi connectivity index (χ1n) is 11.3. The van der Waals surface area contributed by atoms with Crippen molar-refractivity contribution < 1.29 is 27.4 Å². The van der Waals surface area contributed by atoms with Crippen molar-refractivity contribution in [1.29, 1.82) is 5.26 Å². The molecule has 1 fully saturated rings. The Hall–Kier alpha value is -3.98. The fraction of sp³-hybridized carbons (Fsp3) is 0.375. The number of nitrogens with zero attached hydrogens (tertiary/aromatic N) is 5. The van der Waals surface area contributed by atoms with Crippen LogP contribution >= 0.6 is 0 Å². The van der Waals surface area contributed by atoms with E-state index in [2.05, 4.69) is 31.2 Å². The van der Waals surface area contributed by atoms with Crippen LogP contribution in [0.2, 0.25) is 0 Å². The van der Waals surface area contributed by atoms with Crippen LogP contribution in [-0.4, -0.2) is 51.0 Å². The van der Waals surface area contributed by atoms with Gasteiger partial charge in [-0.15, -0.1) is 0 Å². The lowest BCUT2D eigenvalue weighted by Gasteiger charge is -2.27. The Morgan fingerprint density at radius 3 is 2.89 bits per heavy atom. The Morgan fingerprint density at radius 2 is 2.19 bits per heavy atom. The molecule has 0 saturated carbocycles. The summed E-state index contributed by atoms with van der Waals surface area (Å²) in [6.07, 6.45) is 5.37. The van der Waals surface area contributed by atoms with Crippen molar-refractivity contribution in [2.75, 3.05) is 13.2 Å². The fourth-order valence-corrected chi connectivity index (χ4v) is 4.58.